The van der Waals surface area contributed by atoms with E-state index in [1.165, 1.54) is 5.39 Å². The van der Waals surface area contributed by atoms with Crippen molar-refractivity contribution in [3.8, 4) is 5.75 Å². The van der Waals surface area contributed by atoms with Crippen molar-refractivity contribution in [1.29, 1.82) is 0 Å². The molecule has 0 amide bonds. The van der Waals surface area contributed by atoms with Crippen LogP contribution in [-0.2, 0) is 4.74 Å². The number of ether oxygens (including phenoxy) is 2. The highest BCUT2D eigenvalue weighted by molar-refractivity contribution is 5.88. The normalized spacial score (nSPS) is 13.1. The van der Waals surface area contributed by atoms with Crippen LogP contribution in [0.2, 0.25) is 0 Å². The van der Waals surface area contributed by atoms with Gasteiger partial charge in [-0.15, -0.1) is 0 Å². The molecule has 0 aromatic heterocycles. The summed E-state index contributed by atoms with van der Waals surface area (Å²) in [7, 11) is 0. The van der Waals surface area contributed by atoms with Gasteiger partial charge < -0.3 is 14.6 Å². The van der Waals surface area contributed by atoms with Gasteiger partial charge in [0.15, 0.2) is 0 Å². The highest BCUT2D eigenvalue weighted by Gasteiger charge is 2.14. The Kier molecular flexibility index (Phi) is 7.32. The van der Waals surface area contributed by atoms with Gasteiger partial charge >= 0.3 is 0 Å². The molecule has 4 aromatic carbocycles. The summed E-state index contributed by atoms with van der Waals surface area (Å²) in [5.41, 5.74) is 2.04. The van der Waals surface area contributed by atoms with Crippen molar-refractivity contribution in [2.75, 3.05) is 13.2 Å². The van der Waals surface area contributed by atoms with Crippen molar-refractivity contribution >= 4 is 10.8 Å². The molecule has 0 fully saturated rings. The van der Waals surface area contributed by atoms with Crippen molar-refractivity contribution in [2.45, 2.75) is 25.0 Å². The third-order valence-corrected chi connectivity index (χ3v) is 5.45. The molecule has 0 aliphatic heterocycles. The quantitative estimate of drug-likeness (QED) is 0.323. The minimum Gasteiger partial charge on any atom is -0.493 e. The molecule has 3 heteroatoms. The lowest BCUT2D eigenvalue weighted by molar-refractivity contribution is 0.0158. The van der Waals surface area contributed by atoms with Gasteiger partial charge in [-0.25, -0.2) is 0 Å². The van der Waals surface area contributed by atoms with Crippen LogP contribution >= 0.6 is 0 Å². The molecule has 4 aromatic rings. The molecular formula is C28H28O3. The van der Waals surface area contributed by atoms with E-state index in [0.717, 1.165) is 28.7 Å². The first-order chi connectivity index (χ1) is 15.3. The second kappa shape index (κ2) is 10.8. The number of rotatable bonds is 10. The molecule has 2 atom stereocenters. The fourth-order valence-corrected chi connectivity index (χ4v) is 3.78. The number of hydrogen-bond donors (Lipinski definition) is 1. The topological polar surface area (TPSA) is 38.7 Å². The van der Waals surface area contributed by atoms with Gasteiger partial charge in [0.2, 0.25) is 0 Å². The van der Waals surface area contributed by atoms with E-state index in [1.807, 2.05) is 72.8 Å². The molecule has 31 heavy (non-hydrogen) atoms. The maximum absolute atomic E-state index is 10.4. The molecule has 0 unspecified atom stereocenters. The maximum Gasteiger partial charge on any atom is 0.127 e. The zero-order valence-corrected chi connectivity index (χ0v) is 17.6. The lowest BCUT2D eigenvalue weighted by Crippen LogP contribution is -2.12. The van der Waals surface area contributed by atoms with Crippen molar-refractivity contribution in [3.05, 3.63) is 114 Å². The van der Waals surface area contributed by atoms with E-state index in [9.17, 15) is 5.11 Å². The van der Waals surface area contributed by atoms with E-state index < -0.39 is 6.10 Å². The predicted octanol–water partition coefficient (Wildman–Crippen LogP) is 6.49. The number of benzene rings is 4. The zero-order valence-electron chi connectivity index (χ0n) is 17.6. The Hall–Kier alpha value is -3.14. The molecule has 0 heterocycles. The van der Waals surface area contributed by atoms with Crippen LogP contribution in [-0.4, -0.2) is 18.3 Å². The Bertz CT molecular complexity index is 1060. The monoisotopic (exact) mass is 412 g/mol. The molecule has 0 aliphatic rings. The molecule has 3 nitrogen and oxygen atoms in total. The van der Waals surface area contributed by atoms with Crippen molar-refractivity contribution < 1.29 is 14.6 Å². The van der Waals surface area contributed by atoms with Gasteiger partial charge in [-0.3, -0.25) is 0 Å². The van der Waals surface area contributed by atoms with Crippen LogP contribution in [0.15, 0.2) is 103 Å². The Morgan fingerprint density at radius 1 is 0.613 bits per heavy atom. The van der Waals surface area contributed by atoms with E-state index >= 15 is 0 Å². The highest BCUT2D eigenvalue weighted by Crippen LogP contribution is 2.27. The smallest absolute Gasteiger partial charge is 0.127 e. The van der Waals surface area contributed by atoms with Crippen molar-refractivity contribution in [3.63, 3.8) is 0 Å². The second-order valence-corrected chi connectivity index (χ2v) is 7.60. The fourth-order valence-electron chi connectivity index (χ4n) is 3.78. The third-order valence-electron chi connectivity index (χ3n) is 5.45. The van der Waals surface area contributed by atoms with Crippen molar-refractivity contribution in [1.82, 2.24) is 0 Å². The summed E-state index contributed by atoms with van der Waals surface area (Å²) >= 11 is 0. The van der Waals surface area contributed by atoms with Crippen LogP contribution in [0.25, 0.3) is 10.8 Å². The summed E-state index contributed by atoms with van der Waals surface area (Å²) in [6.07, 6.45) is 0.676. The van der Waals surface area contributed by atoms with Gasteiger partial charge in [-0.1, -0.05) is 97.1 Å². The minimum absolute atomic E-state index is 0.0841. The Morgan fingerprint density at radius 3 is 2.03 bits per heavy atom. The van der Waals surface area contributed by atoms with Crippen molar-refractivity contribution in [2.24, 2.45) is 0 Å². The SMILES string of the molecule is O[C@H](CCO[C@H](CCOc1cccc2ccccc12)c1ccccc1)c1ccccc1. The van der Waals surface area contributed by atoms with E-state index in [4.69, 9.17) is 9.47 Å². The first kappa shape index (κ1) is 21.1. The molecule has 158 valence electrons. The molecule has 0 aliphatic carbocycles. The first-order valence-electron chi connectivity index (χ1n) is 10.8. The number of hydrogen-bond acceptors (Lipinski definition) is 3. The Morgan fingerprint density at radius 2 is 1.26 bits per heavy atom. The predicted molar refractivity (Wildman–Crippen MR) is 125 cm³/mol. The van der Waals surface area contributed by atoms with Crippen LogP contribution in [0.1, 0.15) is 36.2 Å². The summed E-state index contributed by atoms with van der Waals surface area (Å²) in [4.78, 5) is 0. The van der Waals surface area contributed by atoms with Crippen LogP contribution in [0.4, 0.5) is 0 Å². The first-order valence-corrected chi connectivity index (χ1v) is 10.8. The Labute approximate surface area is 183 Å². The summed E-state index contributed by atoms with van der Waals surface area (Å²) in [6, 6.07) is 34.3. The lowest BCUT2D eigenvalue weighted by atomic mass is 10.1. The van der Waals surface area contributed by atoms with Crippen LogP contribution < -0.4 is 4.74 Å². The van der Waals surface area contributed by atoms with E-state index in [-0.39, 0.29) is 6.10 Å². The molecule has 1 N–H and O–H groups in total. The molecule has 0 spiro atoms. The van der Waals surface area contributed by atoms with Gasteiger partial charge in [0.25, 0.3) is 0 Å². The van der Waals surface area contributed by atoms with Gasteiger partial charge in [0, 0.05) is 18.2 Å². The van der Waals surface area contributed by atoms with E-state index in [0.29, 0.717) is 19.6 Å². The third kappa shape index (κ3) is 5.72. The highest BCUT2D eigenvalue weighted by atomic mass is 16.5. The summed E-state index contributed by atoms with van der Waals surface area (Å²) in [6.45, 7) is 1.03. The van der Waals surface area contributed by atoms with Gasteiger partial charge in [0.05, 0.1) is 25.4 Å². The van der Waals surface area contributed by atoms with Crippen LogP contribution in [0, 0.1) is 0 Å². The van der Waals surface area contributed by atoms with E-state index in [1.54, 1.807) is 0 Å². The number of fused-ring (bicyclic) bond motifs is 1. The molecule has 0 radical (unpaired) electrons. The van der Waals surface area contributed by atoms with Gasteiger partial charge in [-0.2, -0.15) is 0 Å². The molecular weight excluding hydrogens is 384 g/mol. The zero-order chi connectivity index (χ0) is 21.3. The Balaban J connectivity index is 1.36. The molecule has 0 saturated heterocycles. The lowest BCUT2D eigenvalue weighted by Gasteiger charge is -2.20. The average molecular weight is 413 g/mol. The molecule has 4 rings (SSSR count). The molecule has 0 bridgehead atoms. The second-order valence-electron chi connectivity index (χ2n) is 7.60. The summed E-state index contributed by atoms with van der Waals surface area (Å²) in [5.74, 6) is 0.893. The molecule has 0 saturated carbocycles. The largest absolute Gasteiger partial charge is 0.493 e. The van der Waals surface area contributed by atoms with Gasteiger partial charge in [0.1, 0.15) is 5.75 Å². The van der Waals surface area contributed by atoms with Crippen LogP contribution in [0.3, 0.4) is 0 Å². The summed E-state index contributed by atoms with van der Waals surface area (Å²) in [5, 5.41) is 12.7. The fraction of sp³-hybridized carbons (Fsp3) is 0.214. The van der Waals surface area contributed by atoms with Gasteiger partial charge in [-0.05, 0) is 22.6 Å². The average Bonchev–Trinajstić information content (AvgIpc) is 2.84. The summed E-state index contributed by atoms with van der Waals surface area (Å²) < 4.78 is 12.3. The number of aliphatic hydroxyl groups excluding tert-OH is 1. The van der Waals surface area contributed by atoms with E-state index in [2.05, 4.69) is 30.3 Å². The maximum atomic E-state index is 10.4. The standard InChI is InChI=1S/C28H28O3/c29-26(23-11-3-1-4-12-23)18-20-30-27(24-13-5-2-6-14-24)19-21-31-28-17-9-15-22-10-7-8-16-25(22)28/h1-17,26-27,29H,18-21H2/t26-,27-/m1/s1. The van der Waals surface area contributed by atoms with Crippen LogP contribution in [0.5, 0.6) is 5.75 Å². The minimum atomic E-state index is -0.524. The number of aliphatic hydroxyl groups is 1.